The van der Waals surface area contributed by atoms with Gasteiger partial charge in [-0.05, 0) is 37.5 Å². The van der Waals surface area contributed by atoms with Gasteiger partial charge in [-0.15, -0.1) is 0 Å². The topological polar surface area (TPSA) is 53.4 Å². The van der Waals surface area contributed by atoms with Crippen LogP contribution >= 0.6 is 0 Å². The van der Waals surface area contributed by atoms with Crippen LogP contribution in [0.1, 0.15) is 45.5 Å². The molecule has 5 nitrogen and oxygen atoms in total. The summed E-state index contributed by atoms with van der Waals surface area (Å²) < 4.78 is 13.1. The zero-order chi connectivity index (χ0) is 17.0. The molecule has 0 atom stereocenters. The molecule has 126 valence electrons. The molecule has 22 heavy (non-hydrogen) atoms. The predicted octanol–water partition coefficient (Wildman–Crippen LogP) is 3.67. The van der Waals surface area contributed by atoms with Gasteiger partial charge in [0.25, 0.3) is 0 Å². The quantitative estimate of drug-likeness (QED) is 0.436. The zero-order valence-corrected chi connectivity index (χ0v) is 16.0. The third-order valence-electron chi connectivity index (χ3n) is 4.24. The fourth-order valence-corrected chi connectivity index (χ4v) is 2.90. The summed E-state index contributed by atoms with van der Waals surface area (Å²) in [5.74, 6) is -0.282. The number of hydrogen-bond donors (Lipinski definition) is 0. The van der Waals surface area contributed by atoms with E-state index in [1.807, 2.05) is 17.7 Å². The molecule has 0 aromatic carbocycles. The SMILES string of the molecule is CC(=O)OCc1cc(C)n(CCCO[Si](C)(C)C(C)(C)C)n1. The van der Waals surface area contributed by atoms with Crippen molar-refractivity contribution in [3.8, 4) is 0 Å². The van der Waals surface area contributed by atoms with Gasteiger partial charge in [-0.3, -0.25) is 9.48 Å². The highest BCUT2D eigenvalue weighted by atomic mass is 28.4. The van der Waals surface area contributed by atoms with Crippen LogP contribution < -0.4 is 0 Å². The van der Waals surface area contributed by atoms with Crippen molar-refractivity contribution in [3.63, 3.8) is 0 Å². The van der Waals surface area contributed by atoms with Crippen LogP contribution in [0.15, 0.2) is 6.07 Å². The number of hydrogen-bond acceptors (Lipinski definition) is 4. The minimum Gasteiger partial charge on any atom is -0.459 e. The number of ether oxygens (including phenoxy) is 1. The van der Waals surface area contributed by atoms with Gasteiger partial charge in [0.1, 0.15) is 12.3 Å². The maximum Gasteiger partial charge on any atom is 0.303 e. The molecule has 0 saturated heterocycles. The number of carbonyl (C=O) groups excluding carboxylic acids is 1. The van der Waals surface area contributed by atoms with Crippen LogP contribution in [0, 0.1) is 6.92 Å². The van der Waals surface area contributed by atoms with Crippen molar-refractivity contribution in [1.29, 1.82) is 0 Å². The number of rotatable bonds is 7. The highest BCUT2D eigenvalue weighted by molar-refractivity contribution is 6.74. The Hall–Kier alpha value is -1.14. The molecule has 0 aliphatic rings. The van der Waals surface area contributed by atoms with Crippen molar-refractivity contribution in [3.05, 3.63) is 17.5 Å². The van der Waals surface area contributed by atoms with Crippen molar-refractivity contribution < 1.29 is 14.0 Å². The van der Waals surface area contributed by atoms with Crippen LogP contribution in [0.3, 0.4) is 0 Å². The Kier molecular flexibility index (Phi) is 6.37. The first-order chi connectivity index (χ1) is 10.0. The van der Waals surface area contributed by atoms with Crippen LogP contribution in [-0.2, 0) is 27.1 Å². The molecule has 1 aromatic rings. The Bertz CT molecular complexity index is 504. The van der Waals surface area contributed by atoms with Crippen molar-refractivity contribution in [1.82, 2.24) is 9.78 Å². The van der Waals surface area contributed by atoms with Crippen molar-refractivity contribution in [2.45, 2.75) is 72.3 Å². The van der Waals surface area contributed by atoms with Crippen LogP contribution in [0.5, 0.6) is 0 Å². The van der Waals surface area contributed by atoms with Gasteiger partial charge in [-0.25, -0.2) is 0 Å². The van der Waals surface area contributed by atoms with Crippen LogP contribution in [0.2, 0.25) is 18.1 Å². The molecular formula is C16H30N2O3Si. The third-order valence-corrected chi connectivity index (χ3v) is 8.78. The van der Waals surface area contributed by atoms with Gasteiger partial charge in [0.15, 0.2) is 8.32 Å². The summed E-state index contributed by atoms with van der Waals surface area (Å²) in [6.07, 6.45) is 0.933. The van der Waals surface area contributed by atoms with Gasteiger partial charge in [0.2, 0.25) is 0 Å². The molecule has 0 aliphatic carbocycles. The second kappa shape index (κ2) is 7.42. The number of aromatic nitrogens is 2. The van der Waals surface area contributed by atoms with E-state index in [0.29, 0.717) is 0 Å². The van der Waals surface area contributed by atoms with E-state index >= 15 is 0 Å². The summed E-state index contributed by atoms with van der Waals surface area (Å²) in [6.45, 7) is 16.5. The molecule has 0 radical (unpaired) electrons. The Morgan fingerprint density at radius 2 is 2.00 bits per heavy atom. The summed E-state index contributed by atoms with van der Waals surface area (Å²) in [4.78, 5) is 10.8. The van der Waals surface area contributed by atoms with Crippen molar-refractivity contribution in [2.75, 3.05) is 6.61 Å². The number of carbonyl (C=O) groups is 1. The monoisotopic (exact) mass is 326 g/mol. The first-order valence-corrected chi connectivity index (χ1v) is 10.7. The average Bonchev–Trinajstić information content (AvgIpc) is 2.71. The lowest BCUT2D eigenvalue weighted by atomic mass is 10.2. The fourth-order valence-electron chi connectivity index (χ4n) is 1.81. The highest BCUT2D eigenvalue weighted by Gasteiger charge is 2.36. The predicted molar refractivity (Wildman–Crippen MR) is 90.2 cm³/mol. The Morgan fingerprint density at radius 1 is 1.36 bits per heavy atom. The summed E-state index contributed by atoms with van der Waals surface area (Å²) in [5, 5.41) is 4.70. The van der Waals surface area contributed by atoms with Gasteiger partial charge < -0.3 is 9.16 Å². The van der Waals surface area contributed by atoms with E-state index in [0.717, 1.165) is 31.0 Å². The lowest BCUT2D eigenvalue weighted by Gasteiger charge is -2.36. The van der Waals surface area contributed by atoms with E-state index in [-0.39, 0.29) is 17.6 Å². The third kappa shape index (κ3) is 5.57. The Morgan fingerprint density at radius 3 is 2.55 bits per heavy atom. The lowest BCUT2D eigenvalue weighted by molar-refractivity contribution is -0.142. The molecule has 0 N–H and O–H groups in total. The lowest BCUT2D eigenvalue weighted by Crippen LogP contribution is -2.41. The maximum atomic E-state index is 10.8. The summed E-state index contributed by atoms with van der Waals surface area (Å²) >= 11 is 0. The van der Waals surface area contributed by atoms with Crippen LogP contribution in [0.25, 0.3) is 0 Å². The number of aryl methyl sites for hydroxylation is 2. The molecule has 0 bridgehead atoms. The minimum absolute atomic E-state index is 0.240. The first kappa shape index (κ1) is 18.9. The standard InChI is InChI=1S/C16H30N2O3Si/c1-13-11-15(12-20-14(2)19)17-18(13)9-8-10-21-22(6,7)16(3,4)5/h11H,8-10,12H2,1-7H3. The molecular weight excluding hydrogens is 296 g/mol. The van der Waals surface area contributed by atoms with E-state index in [2.05, 4.69) is 39.0 Å². The van der Waals surface area contributed by atoms with E-state index in [9.17, 15) is 4.79 Å². The molecule has 0 fully saturated rings. The van der Waals surface area contributed by atoms with E-state index in [1.54, 1.807) is 0 Å². The van der Waals surface area contributed by atoms with Crippen LogP contribution in [0.4, 0.5) is 0 Å². The van der Waals surface area contributed by atoms with Gasteiger partial charge in [0, 0.05) is 25.8 Å². The average molecular weight is 327 g/mol. The molecule has 1 rings (SSSR count). The van der Waals surface area contributed by atoms with Gasteiger partial charge in [0.05, 0.1) is 0 Å². The highest BCUT2D eigenvalue weighted by Crippen LogP contribution is 2.36. The van der Waals surface area contributed by atoms with Crippen molar-refractivity contribution >= 4 is 14.3 Å². The smallest absolute Gasteiger partial charge is 0.303 e. The molecule has 1 aromatic heterocycles. The molecule has 1 heterocycles. The molecule has 0 saturated carbocycles. The van der Waals surface area contributed by atoms with Gasteiger partial charge in [-0.2, -0.15) is 5.10 Å². The van der Waals surface area contributed by atoms with E-state index in [1.165, 1.54) is 6.92 Å². The largest absolute Gasteiger partial charge is 0.459 e. The number of esters is 1. The molecule has 0 spiro atoms. The molecule has 0 amide bonds. The van der Waals surface area contributed by atoms with E-state index in [4.69, 9.17) is 9.16 Å². The second-order valence-corrected chi connectivity index (χ2v) is 12.1. The first-order valence-electron chi connectivity index (χ1n) is 7.83. The van der Waals surface area contributed by atoms with Gasteiger partial charge in [-0.1, -0.05) is 20.8 Å². The maximum absolute atomic E-state index is 10.8. The molecule has 0 aliphatic heterocycles. The Labute approximate surface area is 135 Å². The fraction of sp³-hybridized carbons (Fsp3) is 0.750. The number of nitrogens with zero attached hydrogens (tertiary/aromatic N) is 2. The Balaban J connectivity index is 2.44. The minimum atomic E-state index is -1.66. The second-order valence-electron chi connectivity index (χ2n) is 7.24. The van der Waals surface area contributed by atoms with E-state index < -0.39 is 8.32 Å². The summed E-state index contributed by atoms with van der Waals surface area (Å²) in [6, 6.07) is 1.96. The summed E-state index contributed by atoms with van der Waals surface area (Å²) in [5.41, 5.74) is 1.87. The molecule has 0 unspecified atom stereocenters. The van der Waals surface area contributed by atoms with Crippen molar-refractivity contribution in [2.24, 2.45) is 0 Å². The normalized spacial score (nSPS) is 12.5. The van der Waals surface area contributed by atoms with Gasteiger partial charge >= 0.3 is 5.97 Å². The summed E-state index contributed by atoms with van der Waals surface area (Å²) in [7, 11) is -1.66. The molecule has 6 heteroatoms. The zero-order valence-electron chi connectivity index (χ0n) is 15.0. The van der Waals surface area contributed by atoms with Crippen LogP contribution in [-0.4, -0.2) is 30.7 Å².